The second kappa shape index (κ2) is 19.6. The molecule has 16 heteroatoms. The van der Waals surface area contributed by atoms with E-state index >= 15 is 0 Å². The molecule has 0 N–H and O–H groups in total. The van der Waals surface area contributed by atoms with Gasteiger partial charge in [-0.3, -0.25) is 0 Å². The first kappa shape index (κ1) is 56.0. The van der Waals surface area contributed by atoms with Gasteiger partial charge in [-0.1, -0.05) is 0 Å². The van der Waals surface area contributed by atoms with Crippen LogP contribution >= 0.6 is 17.0 Å². The molecule has 11 rings (SSSR count). The number of hydrogen-bond donors (Lipinski definition) is 0. The second-order valence-electron chi connectivity index (χ2n) is 21.6. The molecule has 0 fully saturated rings. The van der Waals surface area contributed by atoms with E-state index in [1.807, 2.05) is 88.4 Å². The molecule has 0 nitrogen and oxygen atoms in total. The van der Waals surface area contributed by atoms with E-state index in [1.54, 1.807) is 72.8 Å². The predicted octanol–water partition coefficient (Wildman–Crippen LogP) is 18.7. The molecule has 3 aliphatic rings. The Balaban J connectivity index is 1.28. The number of hydrogen-bond acceptors (Lipinski definition) is 0. The zero-order valence-corrected chi connectivity index (χ0v) is 48.4. The quantitative estimate of drug-likeness (QED) is 0.0998. The van der Waals surface area contributed by atoms with Crippen LogP contribution in [0.25, 0.3) is 67.8 Å². The van der Waals surface area contributed by atoms with E-state index in [4.69, 9.17) is 0 Å². The van der Waals surface area contributed by atoms with E-state index in [-0.39, 0.29) is 34.4 Å². The molecular formula is C64H47Cl2F12SiZr. The van der Waals surface area contributed by atoms with Gasteiger partial charge in [0, 0.05) is 0 Å². The van der Waals surface area contributed by atoms with Crippen LogP contribution in [0.3, 0.4) is 0 Å². The molecule has 0 bridgehead atoms. The van der Waals surface area contributed by atoms with Gasteiger partial charge in [0.15, 0.2) is 0 Å². The van der Waals surface area contributed by atoms with Crippen molar-refractivity contribution in [2.45, 2.75) is 59.7 Å². The third kappa shape index (κ3) is 9.38. The van der Waals surface area contributed by atoms with Crippen LogP contribution in [0.1, 0.15) is 79.5 Å². The minimum absolute atomic E-state index is 0.0859. The number of halogens is 14. The van der Waals surface area contributed by atoms with Crippen LogP contribution in [-0.4, -0.2) is 9.52 Å². The minimum atomic E-state index is -6.76. The molecule has 8 aromatic rings. The molecule has 0 spiro atoms. The fourth-order valence-electron chi connectivity index (χ4n) is 12.7. The van der Waals surface area contributed by atoms with Crippen molar-refractivity contribution in [1.29, 1.82) is 0 Å². The normalized spacial score (nSPS) is 17.0. The van der Waals surface area contributed by atoms with Crippen LogP contribution in [0.15, 0.2) is 175 Å². The van der Waals surface area contributed by atoms with E-state index in [9.17, 15) is 69.7 Å². The van der Waals surface area contributed by atoms with Crippen molar-refractivity contribution in [3.63, 3.8) is 0 Å². The summed E-state index contributed by atoms with van der Waals surface area (Å²) in [6, 6.07) is 41.0. The Morgan fingerprint density at radius 1 is 0.400 bits per heavy atom. The Morgan fingerprint density at radius 3 is 1.16 bits per heavy atom. The van der Waals surface area contributed by atoms with Crippen LogP contribution in [0.4, 0.5) is 52.7 Å². The van der Waals surface area contributed by atoms with Gasteiger partial charge >= 0.3 is 468 Å². The van der Waals surface area contributed by atoms with E-state index in [1.165, 1.54) is 0 Å². The van der Waals surface area contributed by atoms with Crippen LogP contribution in [0.2, 0.25) is 0 Å². The third-order valence-electron chi connectivity index (χ3n) is 16.1. The average molecular weight is 1230 g/mol. The predicted molar refractivity (Wildman–Crippen MR) is 297 cm³/mol. The summed E-state index contributed by atoms with van der Waals surface area (Å²) in [5.41, 5.74) is -0.0986. The van der Waals surface area contributed by atoms with Crippen molar-refractivity contribution < 1.29 is 69.1 Å². The fraction of sp³-hybridized carbons (Fsp3) is 0.188. The van der Waals surface area contributed by atoms with Gasteiger partial charge in [-0.25, -0.2) is 0 Å². The van der Waals surface area contributed by atoms with Gasteiger partial charge in [-0.2, -0.15) is 0 Å². The fourth-order valence-corrected chi connectivity index (χ4v) is 41.0. The van der Waals surface area contributed by atoms with Gasteiger partial charge in [0.2, 0.25) is 0 Å². The standard InChI is InChI=1S/2C26H19F6.C12H9Si.2ClH.Zr/c2*1-15(2)18-10-17-8-9-22(16-6-4-3-5-7-16)24(23(17)13-18)19-11-20(25(27,28)29)14-21(12-19)26(30,31)32;1-3-7-11-9(5-1)10-6-2-4-8-12(10)13-11;;;/h2*3-15H,1-2H3;1-7H,13H2;2*1H;/q;;;;;+2/p-2. The molecule has 0 amide bonds. The Labute approximate surface area is 464 Å². The van der Waals surface area contributed by atoms with E-state index in [0.29, 0.717) is 58.9 Å². The van der Waals surface area contributed by atoms with Crippen molar-refractivity contribution in [1.82, 2.24) is 0 Å². The number of rotatable bonds is 9. The number of allylic oxidation sites excluding steroid dienone is 2. The summed E-state index contributed by atoms with van der Waals surface area (Å²) in [5.74, 6) is -0.836. The molecule has 0 aromatic heterocycles. The summed E-state index contributed by atoms with van der Waals surface area (Å²) in [6.07, 6.45) is -17.1. The van der Waals surface area contributed by atoms with Crippen LogP contribution in [0.5, 0.6) is 0 Å². The Kier molecular flexibility index (Phi) is 13.7. The molecule has 1 aliphatic heterocycles. The Hall–Kier alpha value is -5.92. The van der Waals surface area contributed by atoms with Crippen LogP contribution < -0.4 is 13.6 Å². The van der Waals surface area contributed by atoms with E-state index in [2.05, 4.69) is 6.07 Å². The molecular weight excluding hydrogens is 1190 g/mol. The van der Waals surface area contributed by atoms with Crippen molar-refractivity contribution in [3.05, 3.63) is 219 Å². The van der Waals surface area contributed by atoms with Gasteiger partial charge in [0.25, 0.3) is 0 Å². The maximum atomic E-state index is 14.9. The van der Waals surface area contributed by atoms with Crippen LogP contribution in [-0.2, 0) is 41.1 Å². The van der Waals surface area contributed by atoms with Gasteiger partial charge in [-0.15, -0.1) is 0 Å². The van der Waals surface area contributed by atoms with Crippen molar-refractivity contribution in [2.75, 3.05) is 0 Å². The monoisotopic (exact) mass is 1230 g/mol. The molecule has 0 saturated carbocycles. The zero-order valence-electron chi connectivity index (χ0n) is 43.1. The summed E-state index contributed by atoms with van der Waals surface area (Å²) in [6.45, 7) is 7.65. The SMILES string of the molecule is CC(C)C1=Cc2c(ccc(-c3ccccc3)c2-c2cc(C(F)(F)F)cc(C(F)(F)F)c2)[CH]1[Zr]([Cl])([Cl])([c]1cccc2c1[SiH2]c1ccccc1-2)[CH]1C(C(C)C)=Cc2c1ccc(-c1ccccc1)c2-c1cc(C(F)(F)F)cc(C(F)(F)F)c1. The summed E-state index contributed by atoms with van der Waals surface area (Å²) in [4.78, 5) is 0. The summed E-state index contributed by atoms with van der Waals surface area (Å²) in [7, 11) is 17.1. The summed E-state index contributed by atoms with van der Waals surface area (Å²) >= 11 is -6.76. The zero-order chi connectivity index (χ0) is 57.2. The Morgan fingerprint density at radius 2 is 0.775 bits per heavy atom. The first-order valence-electron chi connectivity index (χ1n) is 25.8. The molecule has 2 aliphatic carbocycles. The molecule has 8 aromatic carbocycles. The first-order valence-corrected chi connectivity index (χ1v) is 37.6. The molecule has 80 heavy (non-hydrogen) atoms. The maximum absolute atomic E-state index is 14.9. The van der Waals surface area contributed by atoms with Gasteiger partial charge in [0.1, 0.15) is 0 Å². The van der Waals surface area contributed by atoms with Gasteiger partial charge in [-0.05, 0) is 0 Å². The number of fused-ring (bicyclic) bond motifs is 5. The van der Waals surface area contributed by atoms with Crippen molar-refractivity contribution in [3.8, 4) is 55.6 Å². The van der Waals surface area contributed by atoms with Crippen molar-refractivity contribution >= 4 is 52.3 Å². The van der Waals surface area contributed by atoms with Crippen molar-refractivity contribution in [2.24, 2.45) is 11.8 Å². The number of benzene rings is 8. The van der Waals surface area contributed by atoms with E-state index < -0.39 is 92.0 Å². The Bertz CT molecular complexity index is 3610. The molecule has 2 unspecified atom stereocenters. The molecule has 1 heterocycles. The number of alkyl halides is 12. The first-order chi connectivity index (χ1) is 37.5. The summed E-state index contributed by atoms with van der Waals surface area (Å²) < 4.78 is 177. The molecule has 0 saturated heterocycles. The third-order valence-corrected chi connectivity index (χ3v) is 38.8. The second-order valence-corrected chi connectivity index (χ2v) is 44.0. The average Bonchev–Trinajstić information content (AvgIpc) is 4.01. The molecule has 0 radical (unpaired) electrons. The topological polar surface area (TPSA) is 0 Å². The van der Waals surface area contributed by atoms with E-state index in [0.717, 1.165) is 45.8 Å². The summed E-state index contributed by atoms with van der Waals surface area (Å²) in [5, 5.41) is 2.05. The van der Waals surface area contributed by atoms with Gasteiger partial charge < -0.3 is 0 Å². The molecule has 409 valence electrons. The van der Waals surface area contributed by atoms with Gasteiger partial charge in [0.05, 0.1) is 0 Å². The van der Waals surface area contributed by atoms with Crippen LogP contribution in [0, 0.1) is 11.8 Å². The molecule has 2 atom stereocenters.